The van der Waals surface area contributed by atoms with Crippen LogP contribution < -0.4 is 19.1 Å². The maximum absolute atomic E-state index is 14.3. The van der Waals surface area contributed by atoms with Gasteiger partial charge in [0.1, 0.15) is 41.2 Å². The monoisotopic (exact) mass is 528 g/mol. The smallest absolute Gasteiger partial charge is 0.306 e. The number of halogens is 1. The van der Waals surface area contributed by atoms with Crippen molar-refractivity contribution in [1.29, 1.82) is 0 Å². The minimum atomic E-state index is -0.752. The summed E-state index contributed by atoms with van der Waals surface area (Å²) in [6.07, 6.45) is 1.14. The number of hydrogen-bond donors (Lipinski definition) is 1. The Labute approximate surface area is 226 Å². The average Bonchev–Trinajstić information content (AvgIpc) is 2.98. The van der Waals surface area contributed by atoms with E-state index in [1.165, 1.54) is 12.1 Å². The van der Waals surface area contributed by atoms with Crippen LogP contribution in [0.4, 0.5) is 10.2 Å². The highest BCUT2D eigenvalue weighted by atomic mass is 19.1. The molecule has 1 aliphatic rings. The lowest BCUT2D eigenvalue weighted by Gasteiger charge is -2.31. The van der Waals surface area contributed by atoms with Crippen LogP contribution in [0.5, 0.6) is 23.0 Å². The highest BCUT2D eigenvalue weighted by Crippen LogP contribution is 2.32. The first-order valence-electron chi connectivity index (χ1n) is 12.8. The number of carboxylic acid groups (broad SMARTS) is 1. The van der Waals surface area contributed by atoms with E-state index < -0.39 is 5.97 Å². The number of carbonyl (C=O) groups is 1. The number of aromatic nitrogens is 1. The predicted molar refractivity (Wildman–Crippen MR) is 146 cm³/mol. The highest BCUT2D eigenvalue weighted by Gasteiger charge is 2.25. The van der Waals surface area contributed by atoms with Crippen LogP contribution in [0, 0.1) is 11.7 Å². The first-order chi connectivity index (χ1) is 19.0. The number of pyridine rings is 1. The van der Waals surface area contributed by atoms with Crippen LogP contribution >= 0.6 is 0 Å². The summed E-state index contributed by atoms with van der Waals surface area (Å²) in [4.78, 5) is 18.1. The second-order valence-electron chi connectivity index (χ2n) is 9.33. The molecule has 0 atom stereocenters. The van der Waals surface area contributed by atoms with Gasteiger partial charge in [0.05, 0.1) is 18.7 Å². The van der Waals surface area contributed by atoms with E-state index in [-0.39, 0.29) is 18.3 Å². The predicted octanol–water partition coefficient (Wildman–Crippen LogP) is 6.57. The zero-order chi connectivity index (χ0) is 27.2. The van der Waals surface area contributed by atoms with Gasteiger partial charge in [-0.1, -0.05) is 18.2 Å². The van der Waals surface area contributed by atoms with Gasteiger partial charge in [0.25, 0.3) is 0 Å². The Balaban J connectivity index is 1.26. The Kier molecular flexibility index (Phi) is 7.91. The van der Waals surface area contributed by atoms with E-state index in [1.54, 1.807) is 13.2 Å². The standard InChI is InChI=1S/C31H29FN2O5/c1-37-24-10-12-26(13-11-24)39-25-8-5-21(6-9-25)20-38-29-14-7-23(32)19-27(29)28-3-2-4-30(33-28)34-17-15-22(16-18-34)31(35)36/h2-14,19,22H,15-18,20H2,1H3,(H,35,36). The van der Waals surface area contributed by atoms with Gasteiger partial charge < -0.3 is 24.2 Å². The molecule has 200 valence electrons. The quantitative estimate of drug-likeness (QED) is 0.263. The van der Waals surface area contributed by atoms with E-state index in [2.05, 4.69) is 4.90 Å². The summed E-state index contributed by atoms with van der Waals surface area (Å²) in [7, 11) is 1.62. The Bertz CT molecular complexity index is 1420. The van der Waals surface area contributed by atoms with Gasteiger partial charge in [-0.25, -0.2) is 9.37 Å². The Hall–Kier alpha value is -4.59. The van der Waals surface area contributed by atoms with Crippen molar-refractivity contribution in [3.63, 3.8) is 0 Å². The number of methoxy groups -OCH3 is 1. The van der Waals surface area contributed by atoms with Crippen LogP contribution in [0.2, 0.25) is 0 Å². The fourth-order valence-electron chi connectivity index (χ4n) is 4.53. The molecule has 1 aromatic heterocycles. The normalized spacial score (nSPS) is 13.6. The number of benzene rings is 3. The molecule has 0 saturated carbocycles. The third kappa shape index (κ3) is 6.46. The van der Waals surface area contributed by atoms with E-state index in [1.807, 2.05) is 66.7 Å². The van der Waals surface area contributed by atoms with Crippen LogP contribution in [0.25, 0.3) is 11.3 Å². The SMILES string of the molecule is COc1ccc(Oc2ccc(COc3ccc(F)cc3-c3cccc(N4CCC(C(=O)O)CC4)n3)cc2)cc1. The van der Waals surface area contributed by atoms with Gasteiger partial charge in [-0.05, 0) is 85.1 Å². The molecule has 1 fully saturated rings. The van der Waals surface area contributed by atoms with E-state index in [9.17, 15) is 14.3 Å². The molecule has 0 spiro atoms. The summed E-state index contributed by atoms with van der Waals surface area (Å²) in [6.45, 7) is 1.50. The molecule has 0 bridgehead atoms. The van der Waals surface area contributed by atoms with E-state index >= 15 is 0 Å². The molecule has 4 aromatic rings. The van der Waals surface area contributed by atoms with Crippen molar-refractivity contribution in [2.75, 3.05) is 25.1 Å². The number of carboxylic acids is 1. The number of anilines is 1. The number of nitrogens with zero attached hydrogens (tertiary/aromatic N) is 2. The van der Waals surface area contributed by atoms with Crippen LogP contribution in [-0.4, -0.2) is 36.3 Å². The molecule has 0 amide bonds. The molecule has 39 heavy (non-hydrogen) atoms. The zero-order valence-corrected chi connectivity index (χ0v) is 21.5. The van der Waals surface area contributed by atoms with Gasteiger partial charge in [-0.2, -0.15) is 0 Å². The first-order valence-corrected chi connectivity index (χ1v) is 12.8. The van der Waals surface area contributed by atoms with Gasteiger partial charge in [0, 0.05) is 18.7 Å². The summed E-state index contributed by atoms with van der Waals surface area (Å²) in [6, 6.07) is 24.9. The molecule has 7 nitrogen and oxygen atoms in total. The molecule has 3 aromatic carbocycles. The van der Waals surface area contributed by atoms with E-state index in [4.69, 9.17) is 19.2 Å². The minimum Gasteiger partial charge on any atom is -0.497 e. The lowest BCUT2D eigenvalue weighted by atomic mass is 9.97. The van der Waals surface area contributed by atoms with Crippen LogP contribution in [0.15, 0.2) is 84.9 Å². The average molecular weight is 529 g/mol. The highest BCUT2D eigenvalue weighted by molar-refractivity contribution is 5.71. The van der Waals surface area contributed by atoms with Crippen LogP contribution in [-0.2, 0) is 11.4 Å². The fraction of sp³-hybridized carbons (Fsp3) is 0.226. The van der Waals surface area contributed by atoms with Gasteiger partial charge in [0.15, 0.2) is 0 Å². The molecule has 8 heteroatoms. The molecule has 2 heterocycles. The van der Waals surface area contributed by atoms with E-state index in [0.717, 1.165) is 17.1 Å². The van der Waals surface area contributed by atoms with Crippen molar-refractivity contribution in [3.8, 4) is 34.3 Å². The molecule has 1 N–H and O–H groups in total. The largest absolute Gasteiger partial charge is 0.497 e. The summed E-state index contributed by atoms with van der Waals surface area (Å²) in [5, 5.41) is 9.27. The second kappa shape index (κ2) is 11.9. The van der Waals surface area contributed by atoms with Crippen molar-refractivity contribution < 1.29 is 28.5 Å². The molecular weight excluding hydrogens is 499 g/mol. The third-order valence-corrected chi connectivity index (χ3v) is 6.73. The Morgan fingerprint density at radius 2 is 1.62 bits per heavy atom. The van der Waals surface area contributed by atoms with Gasteiger partial charge >= 0.3 is 5.97 Å². The van der Waals surface area contributed by atoms with Gasteiger partial charge in [-0.15, -0.1) is 0 Å². The zero-order valence-electron chi connectivity index (χ0n) is 21.5. The molecule has 1 aliphatic heterocycles. The number of aliphatic carboxylic acids is 1. The number of rotatable bonds is 9. The topological polar surface area (TPSA) is 81.1 Å². The van der Waals surface area contributed by atoms with Crippen LogP contribution in [0.1, 0.15) is 18.4 Å². The molecule has 0 unspecified atom stereocenters. The summed E-state index contributed by atoms with van der Waals surface area (Å²) < 4.78 is 31.4. The Morgan fingerprint density at radius 1 is 0.949 bits per heavy atom. The maximum Gasteiger partial charge on any atom is 0.306 e. The minimum absolute atomic E-state index is 0.282. The molecular formula is C31H29FN2O5. The lowest BCUT2D eigenvalue weighted by Crippen LogP contribution is -2.36. The van der Waals surface area contributed by atoms with Crippen molar-refractivity contribution in [2.24, 2.45) is 5.92 Å². The summed E-state index contributed by atoms with van der Waals surface area (Å²) >= 11 is 0. The second-order valence-corrected chi connectivity index (χ2v) is 9.33. The number of piperidine rings is 1. The molecule has 0 radical (unpaired) electrons. The molecule has 1 saturated heterocycles. The number of ether oxygens (including phenoxy) is 3. The first kappa shape index (κ1) is 26.0. The molecule has 0 aliphatic carbocycles. The van der Waals surface area contributed by atoms with Crippen molar-refractivity contribution in [3.05, 3.63) is 96.3 Å². The van der Waals surface area contributed by atoms with Gasteiger partial charge in [-0.3, -0.25) is 4.79 Å². The number of hydrogen-bond acceptors (Lipinski definition) is 6. The summed E-state index contributed by atoms with van der Waals surface area (Å²) in [5.41, 5.74) is 2.07. The van der Waals surface area contributed by atoms with Crippen molar-refractivity contribution in [1.82, 2.24) is 4.98 Å². The van der Waals surface area contributed by atoms with E-state index in [0.29, 0.717) is 54.4 Å². The van der Waals surface area contributed by atoms with Crippen molar-refractivity contribution in [2.45, 2.75) is 19.4 Å². The third-order valence-electron chi connectivity index (χ3n) is 6.73. The summed E-state index contributed by atoms with van der Waals surface area (Å²) in [5.74, 6) is 1.96. The lowest BCUT2D eigenvalue weighted by molar-refractivity contribution is -0.142. The molecule has 5 rings (SSSR count). The van der Waals surface area contributed by atoms with Gasteiger partial charge in [0.2, 0.25) is 0 Å². The van der Waals surface area contributed by atoms with Crippen LogP contribution in [0.3, 0.4) is 0 Å². The van der Waals surface area contributed by atoms with Crippen molar-refractivity contribution >= 4 is 11.8 Å². The fourth-order valence-corrected chi connectivity index (χ4v) is 4.53. The maximum atomic E-state index is 14.3. The Morgan fingerprint density at radius 3 is 2.28 bits per heavy atom.